The largest absolute Gasteiger partial charge is 0.481 e. The summed E-state index contributed by atoms with van der Waals surface area (Å²) in [4.78, 5) is 9.84. The number of nitrogens with two attached hydrogens (primary N) is 1. The molecule has 0 amide bonds. The fourth-order valence-electron chi connectivity index (χ4n) is 0.386. The molecular weight excluding hydrogens is 161 g/mol. The molecule has 0 aromatic rings. The predicted molar refractivity (Wildman–Crippen MR) is 38.1 cm³/mol. The third-order valence-electron chi connectivity index (χ3n) is 0.927. The van der Waals surface area contributed by atoms with Crippen LogP contribution < -0.4 is 5.73 Å². The molecule has 0 heterocycles. The molecule has 0 radical (unpaired) electrons. The highest BCUT2D eigenvalue weighted by Gasteiger charge is 2.03. The molecule has 0 saturated heterocycles. The van der Waals surface area contributed by atoms with Crippen LogP contribution in [-0.2, 0) is 4.79 Å². The van der Waals surface area contributed by atoms with Crippen LogP contribution in [0.2, 0.25) is 0 Å². The second-order valence-corrected chi connectivity index (χ2v) is 1.85. The van der Waals surface area contributed by atoms with Crippen LogP contribution in [0.5, 0.6) is 0 Å². The van der Waals surface area contributed by atoms with Crippen molar-refractivity contribution in [2.75, 3.05) is 6.67 Å². The molecule has 0 aliphatic heterocycles. The number of alkyl halides is 1. The number of carboxylic acids is 1. The maximum atomic E-state index is 11.5. The molecular formula is C5H11ClFNO2. The van der Waals surface area contributed by atoms with Crippen molar-refractivity contribution in [2.24, 2.45) is 5.73 Å². The van der Waals surface area contributed by atoms with Gasteiger partial charge in [-0.3, -0.25) is 4.79 Å². The topological polar surface area (TPSA) is 63.3 Å². The van der Waals surface area contributed by atoms with Crippen LogP contribution in [0, 0.1) is 0 Å². The predicted octanol–water partition coefficient (Wildman–Crippen LogP) is 0.570. The highest BCUT2D eigenvalue weighted by molar-refractivity contribution is 5.85. The average Bonchev–Trinajstić information content (AvgIpc) is 1.83. The van der Waals surface area contributed by atoms with E-state index >= 15 is 0 Å². The van der Waals surface area contributed by atoms with Crippen molar-refractivity contribution >= 4 is 18.4 Å². The Bertz CT molecular complexity index is 102. The van der Waals surface area contributed by atoms with Gasteiger partial charge in [0.05, 0.1) is 0 Å². The minimum Gasteiger partial charge on any atom is -0.481 e. The van der Waals surface area contributed by atoms with Crippen molar-refractivity contribution in [3.05, 3.63) is 0 Å². The van der Waals surface area contributed by atoms with Crippen LogP contribution in [0.1, 0.15) is 12.8 Å². The summed E-state index contributed by atoms with van der Waals surface area (Å²) in [6.07, 6.45) is 0.164. The summed E-state index contributed by atoms with van der Waals surface area (Å²) in [6.45, 7) is -0.646. The van der Waals surface area contributed by atoms with Crippen LogP contribution in [0.15, 0.2) is 0 Å². The van der Waals surface area contributed by atoms with E-state index in [4.69, 9.17) is 10.8 Å². The zero-order valence-corrected chi connectivity index (χ0v) is 6.23. The van der Waals surface area contributed by atoms with Gasteiger partial charge in [0, 0.05) is 12.5 Å². The number of carboxylic acid groups (broad SMARTS) is 1. The SMILES string of the molecule is Cl.NC(CF)CCC(=O)O. The monoisotopic (exact) mass is 171 g/mol. The minimum atomic E-state index is -0.932. The standard InChI is InChI=1S/C5H10FNO2.ClH/c6-3-4(7)1-2-5(8)9;/h4H,1-3,7H2,(H,8,9);1H. The summed E-state index contributed by atoms with van der Waals surface area (Å²) in [5.74, 6) is -0.932. The van der Waals surface area contributed by atoms with Crippen molar-refractivity contribution in [3.8, 4) is 0 Å². The molecule has 62 valence electrons. The van der Waals surface area contributed by atoms with E-state index in [9.17, 15) is 9.18 Å². The lowest BCUT2D eigenvalue weighted by molar-refractivity contribution is -0.137. The molecule has 0 aromatic heterocycles. The van der Waals surface area contributed by atoms with Gasteiger partial charge in [0.15, 0.2) is 0 Å². The Balaban J connectivity index is 0. The molecule has 0 aliphatic rings. The molecule has 5 heteroatoms. The highest BCUT2D eigenvalue weighted by atomic mass is 35.5. The second-order valence-electron chi connectivity index (χ2n) is 1.85. The van der Waals surface area contributed by atoms with Gasteiger partial charge in [-0.05, 0) is 6.42 Å². The first kappa shape index (κ1) is 12.3. The molecule has 3 nitrogen and oxygen atoms in total. The first-order chi connectivity index (χ1) is 4.16. The van der Waals surface area contributed by atoms with E-state index in [1.807, 2.05) is 0 Å². The Hall–Kier alpha value is -0.350. The van der Waals surface area contributed by atoms with E-state index in [0.717, 1.165) is 0 Å². The third kappa shape index (κ3) is 7.65. The normalized spacial score (nSPS) is 11.8. The van der Waals surface area contributed by atoms with Crippen molar-refractivity contribution < 1.29 is 14.3 Å². The summed E-state index contributed by atoms with van der Waals surface area (Å²) in [5, 5.41) is 8.08. The smallest absolute Gasteiger partial charge is 0.303 e. The molecule has 0 fully saturated rings. The van der Waals surface area contributed by atoms with Crippen LogP contribution in [0.4, 0.5) is 4.39 Å². The molecule has 0 saturated carbocycles. The summed E-state index contributed by atoms with van der Waals surface area (Å²) < 4.78 is 11.5. The Morgan fingerprint density at radius 2 is 2.20 bits per heavy atom. The second kappa shape index (κ2) is 6.77. The van der Waals surface area contributed by atoms with Gasteiger partial charge in [-0.1, -0.05) is 0 Å². The van der Waals surface area contributed by atoms with E-state index in [1.165, 1.54) is 0 Å². The van der Waals surface area contributed by atoms with Crippen molar-refractivity contribution in [3.63, 3.8) is 0 Å². The number of aliphatic carboxylic acids is 1. The van der Waals surface area contributed by atoms with Gasteiger partial charge in [0.25, 0.3) is 0 Å². The van der Waals surface area contributed by atoms with E-state index in [2.05, 4.69) is 0 Å². The van der Waals surface area contributed by atoms with Gasteiger partial charge in [0.1, 0.15) is 6.67 Å². The third-order valence-corrected chi connectivity index (χ3v) is 0.927. The first-order valence-electron chi connectivity index (χ1n) is 2.70. The fraction of sp³-hybridized carbons (Fsp3) is 0.800. The van der Waals surface area contributed by atoms with E-state index in [-0.39, 0.29) is 25.2 Å². The molecule has 1 atom stereocenters. The summed E-state index contributed by atoms with van der Waals surface area (Å²) in [6, 6.07) is -0.610. The summed E-state index contributed by atoms with van der Waals surface area (Å²) >= 11 is 0. The maximum Gasteiger partial charge on any atom is 0.303 e. The molecule has 0 aliphatic carbocycles. The lowest BCUT2D eigenvalue weighted by Gasteiger charge is -2.01. The van der Waals surface area contributed by atoms with Crippen molar-refractivity contribution in [1.29, 1.82) is 0 Å². The average molecular weight is 172 g/mol. The quantitative estimate of drug-likeness (QED) is 0.650. The molecule has 0 rings (SSSR count). The lowest BCUT2D eigenvalue weighted by atomic mass is 10.2. The van der Waals surface area contributed by atoms with Crippen molar-refractivity contribution in [1.82, 2.24) is 0 Å². The summed E-state index contributed by atoms with van der Waals surface area (Å²) in [5.41, 5.74) is 5.08. The van der Waals surface area contributed by atoms with Gasteiger partial charge in [-0.15, -0.1) is 12.4 Å². The zero-order chi connectivity index (χ0) is 7.28. The maximum absolute atomic E-state index is 11.5. The molecule has 0 bridgehead atoms. The Morgan fingerprint density at radius 1 is 1.70 bits per heavy atom. The van der Waals surface area contributed by atoms with Gasteiger partial charge >= 0.3 is 5.97 Å². The van der Waals surface area contributed by atoms with Gasteiger partial charge in [-0.2, -0.15) is 0 Å². The molecule has 1 unspecified atom stereocenters. The van der Waals surface area contributed by atoms with Crippen molar-refractivity contribution in [2.45, 2.75) is 18.9 Å². The number of halogens is 2. The number of carbonyl (C=O) groups is 1. The molecule has 10 heavy (non-hydrogen) atoms. The zero-order valence-electron chi connectivity index (χ0n) is 5.42. The molecule has 3 N–H and O–H groups in total. The van der Waals surface area contributed by atoms with Gasteiger partial charge in [-0.25, -0.2) is 4.39 Å². The van der Waals surface area contributed by atoms with Gasteiger partial charge in [0.2, 0.25) is 0 Å². The van der Waals surface area contributed by atoms with E-state index in [0.29, 0.717) is 0 Å². The summed E-state index contributed by atoms with van der Waals surface area (Å²) in [7, 11) is 0. The van der Waals surface area contributed by atoms with Crippen LogP contribution in [-0.4, -0.2) is 23.8 Å². The number of hydrogen-bond donors (Lipinski definition) is 2. The number of rotatable bonds is 4. The molecule has 0 spiro atoms. The Kier molecular flexibility index (Phi) is 8.35. The Labute approximate surface area is 64.8 Å². The number of hydrogen-bond acceptors (Lipinski definition) is 2. The van der Waals surface area contributed by atoms with Crippen LogP contribution in [0.3, 0.4) is 0 Å². The van der Waals surface area contributed by atoms with E-state index in [1.54, 1.807) is 0 Å². The first-order valence-corrected chi connectivity index (χ1v) is 2.70. The lowest BCUT2D eigenvalue weighted by Crippen LogP contribution is -2.22. The van der Waals surface area contributed by atoms with Gasteiger partial charge < -0.3 is 10.8 Å². The highest BCUT2D eigenvalue weighted by Crippen LogP contribution is 1.93. The van der Waals surface area contributed by atoms with E-state index < -0.39 is 18.7 Å². The fourth-order valence-corrected chi connectivity index (χ4v) is 0.386. The minimum absolute atomic E-state index is 0. The Morgan fingerprint density at radius 3 is 2.50 bits per heavy atom. The van der Waals surface area contributed by atoms with Crippen LogP contribution in [0.25, 0.3) is 0 Å². The molecule has 0 aromatic carbocycles. The van der Waals surface area contributed by atoms with Crippen LogP contribution >= 0.6 is 12.4 Å².